The van der Waals surface area contributed by atoms with Crippen LogP contribution in [0, 0.1) is 13.8 Å². The minimum absolute atomic E-state index is 0.174. The summed E-state index contributed by atoms with van der Waals surface area (Å²) in [6, 6.07) is 10.5. The molecule has 3 rings (SSSR count). The van der Waals surface area contributed by atoms with Crippen LogP contribution >= 0.6 is 11.6 Å². The molecule has 31 heavy (non-hydrogen) atoms. The lowest BCUT2D eigenvalue weighted by Gasteiger charge is -2.17. The second kappa shape index (κ2) is 9.75. The van der Waals surface area contributed by atoms with Crippen molar-refractivity contribution in [2.75, 3.05) is 14.2 Å². The van der Waals surface area contributed by atoms with E-state index in [2.05, 4.69) is 10.4 Å². The highest BCUT2D eigenvalue weighted by Crippen LogP contribution is 2.29. The van der Waals surface area contributed by atoms with E-state index < -0.39 is 0 Å². The molecule has 1 amide bonds. The average Bonchev–Trinajstić information content (AvgIpc) is 3.24. The Morgan fingerprint density at radius 1 is 1.10 bits per heavy atom. The first kappa shape index (κ1) is 22.5. The maximum absolute atomic E-state index is 12.7. The van der Waals surface area contributed by atoms with Crippen molar-refractivity contribution >= 4 is 17.5 Å². The Hall–Kier alpha value is -3.19. The number of methoxy groups -OCH3 is 2. The quantitative estimate of drug-likeness (QED) is 0.546. The van der Waals surface area contributed by atoms with Gasteiger partial charge in [0.05, 0.1) is 20.3 Å². The second-order valence-electron chi connectivity index (χ2n) is 7.19. The zero-order chi connectivity index (χ0) is 22.5. The third-order valence-corrected chi connectivity index (χ3v) is 5.49. The third kappa shape index (κ3) is 5.30. The number of halogens is 1. The Balaban J connectivity index is 1.65. The van der Waals surface area contributed by atoms with Crippen molar-refractivity contribution < 1.29 is 19.0 Å². The lowest BCUT2D eigenvalue weighted by molar-refractivity contribution is 0.0932. The molecule has 1 unspecified atom stereocenters. The first-order chi connectivity index (χ1) is 14.8. The van der Waals surface area contributed by atoms with Gasteiger partial charge in [-0.25, -0.2) is 4.68 Å². The molecule has 0 aliphatic carbocycles. The molecule has 0 saturated heterocycles. The van der Waals surface area contributed by atoms with Crippen molar-refractivity contribution in [2.45, 2.75) is 33.5 Å². The maximum Gasteiger partial charge on any atom is 0.272 e. The first-order valence-corrected chi connectivity index (χ1v) is 10.2. The lowest BCUT2D eigenvalue weighted by atomic mass is 10.1. The number of aromatic nitrogens is 2. The molecule has 3 aromatic rings. The predicted molar refractivity (Wildman–Crippen MR) is 119 cm³/mol. The zero-order valence-electron chi connectivity index (χ0n) is 18.2. The summed E-state index contributed by atoms with van der Waals surface area (Å²) in [6.45, 7) is 5.90. The number of nitrogens with zero attached hydrogens (tertiary/aromatic N) is 2. The van der Waals surface area contributed by atoms with E-state index in [-0.39, 0.29) is 18.7 Å². The van der Waals surface area contributed by atoms with Gasteiger partial charge in [-0.1, -0.05) is 11.6 Å². The van der Waals surface area contributed by atoms with Gasteiger partial charge in [0.2, 0.25) is 0 Å². The van der Waals surface area contributed by atoms with Crippen molar-refractivity contribution in [1.29, 1.82) is 0 Å². The summed E-state index contributed by atoms with van der Waals surface area (Å²) in [4.78, 5) is 12.7. The van der Waals surface area contributed by atoms with E-state index in [9.17, 15) is 4.79 Å². The number of amides is 1. The zero-order valence-corrected chi connectivity index (χ0v) is 19.0. The van der Waals surface area contributed by atoms with Gasteiger partial charge >= 0.3 is 0 Å². The van der Waals surface area contributed by atoms with Crippen LogP contribution in [0.3, 0.4) is 0 Å². The molecule has 2 aromatic carbocycles. The molecule has 7 nitrogen and oxygen atoms in total. The molecular formula is C23H26ClN3O4. The van der Waals surface area contributed by atoms with Crippen LogP contribution in [-0.4, -0.2) is 29.9 Å². The number of carbonyl (C=O) groups excluding carboxylic acids is 1. The molecule has 1 N–H and O–H groups in total. The van der Waals surface area contributed by atoms with E-state index in [4.69, 9.17) is 25.8 Å². The average molecular weight is 444 g/mol. The van der Waals surface area contributed by atoms with Crippen LogP contribution < -0.4 is 19.5 Å². The van der Waals surface area contributed by atoms with Crippen molar-refractivity contribution in [3.05, 3.63) is 70.0 Å². The smallest absolute Gasteiger partial charge is 0.272 e. The SMILES string of the molecule is COc1ccc(OC)c(C(C)NC(=O)c2ccn(COc3cc(C)c(Cl)c(C)c3)n2)c1. The molecule has 0 aliphatic rings. The van der Waals surface area contributed by atoms with Gasteiger partial charge in [-0.3, -0.25) is 4.79 Å². The van der Waals surface area contributed by atoms with Gasteiger partial charge in [-0.2, -0.15) is 5.10 Å². The molecule has 0 saturated carbocycles. The fourth-order valence-electron chi connectivity index (χ4n) is 3.21. The van der Waals surface area contributed by atoms with Gasteiger partial charge in [-0.15, -0.1) is 0 Å². The normalized spacial score (nSPS) is 11.7. The number of aryl methyl sites for hydroxylation is 2. The van der Waals surface area contributed by atoms with Gasteiger partial charge in [0, 0.05) is 16.8 Å². The summed E-state index contributed by atoms with van der Waals surface area (Å²) in [6.07, 6.45) is 1.70. The van der Waals surface area contributed by atoms with Gasteiger partial charge in [0.25, 0.3) is 5.91 Å². The summed E-state index contributed by atoms with van der Waals surface area (Å²) in [5.41, 5.74) is 2.99. The molecule has 8 heteroatoms. The Morgan fingerprint density at radius 3 is 2.45 bits per heavy atom. The number of hydrogen-bond donors (Lipinski definition) is 1. The highest BCUT2D eigenvalue weighted by Gasteiger charge is 2.18. The van der Waals surface area contributed by atoms with E-state index in [1.165, 1.54) is 0 Å². The minimum atomic E-state index is -0.307. The number of ether oxygens (including phenoxy) is 3. The van der Waals surface area contributed by atoms with Gasteiger partial charge in [0.1, 0.15) is 22.9 Å². The Labute approximate surface area is 186 Å². The minimum Gasteiger partial charge on any atom is -0.497 e. The van der Waals surface area contributed by atoms with E-state index in [1.807, 2.05) is 51.1 Å². The summed E-state index contributed by atoms with van der Waals surface area (Å²) in [7, 11) is 3.18. The number of benzene rings is 2. The van der Waals surface area contributed by atoms with Crippen LogP contribution in [0.25, 0.3) is 0 Å². The van der Waals surface area contributed by atoms with Crippen molar-refractivity contribution in [3.8, 4) is 17.2 Å². The topological polar surface area (TPSA) is 74.6 Å². The number of nitrogens with one attached hydrogen (secondary N) is 1. The molecule has 164 valence electrons. The summed E-state index contributed by atoms with van der Waals surface area (Å²) >= 11 is 6.19. The fourth-order valence-corrected chi connectivity index (χ4v) is 3.32. The molecule has 0 aliphatic heterocycles. The molecule has 1 aromatic heterocycles. The number of hydrogen-bond acceptors (Lipinski definition) is 5. The molecule has 1 atom stereocenters. The van der Waals surface area contributed by atoms with Gasteiger partial charge in [-0.05, 0) is 68.3 Å². The summed E-state index contributed by atoms with van der Waals surface area (Å²) in [5.74, 6) is 1.75. The molecule has 0 radical (unpaired) electrons. The van der Waals surface area contributed by atoms with E-state index in [1.54, 1.807) is 31.2 Å². The predicted octanol–water partition coefficient (Wildman–Crippen LogP) is 4.70. The maximum atomic E-state index is 12.7. The van der Waals surface area contributed by atoms with Crippen molar-refractivity contribution in [2.24, 2.45) is 0 Å². The van der Waals surface area contributed by atoms with Crippen LogP contribution in [0.5, 0.6) is 17.2 Å². The standard InChI is InChI=1S/C23H26ClN3O4/c1-14-10-18(11-15(2)22(14)24)31-13-27-9-8-20(26-27)23(28)25-16(3)19-12-17(29-4)6-7-21(19)30-5/h6-12,16H,13H2,1-5H3,(H,25,28). The van der Waals surface area contributed by atoms with Crippen LogP contribution in [0.1, 0.15) is 40.1 Å². The van der Waals surface area contributed by atoms with Gasteiger partial charge < -0.3 is 19.5 Å². The largest absolute Gasteiger partial charge is 0.497 e. The van der Waals surface area contributed by atoms with E-state index >= 15 is 0 Å². The number of carbonyl (C=O) groups is 1. The Bertz CT molecular complexity index is 1060. The van der Waals surface area contributed by atoms with Gasteiger partial charge in [0.15, 0.2) is 6.73 Å². The lowest BCUT2D eigenvalue weighted by Crippen LogP contribution is -2.27. The van der Waals surface area contributed by atoms with Crippen molar-refractivity contribution in [3.63, 3.8) is 0 Å². The van der Waals surface area contributed by atoms with Crippen LogP contribution in [0.4, 0.5) is 0 Å². The highest BCUT2D eigenvalue weighted by atomic mass is 35.5. The summed E-state index contributed by atoms with van der Waals surface area (Å²) in [5, 5.41) is 7.98. The Kier molecular flexibility index (Phi) is 7.07. The molecule has 0 fully saturated rings. The molecule has 0 spiro atoms. The van der Waals surface area contributed by atoms with Crippen LogP contribution in [-0.2, 0) is 6.73 Å². The second-order valence-corrected chi connectivity index (χ2v) is 7.57. The highest BCUT2D eigenvalue weighted by molar-refractivity contribution is 6.32. The number of rotatable bonds is 8. The fraction of sp³-hybridized carbons (Fsp3) is 0.304. The molecule has 0 bridgehead atoms. The van der Waals surface area contributed by atoms with Crippen LogP contribution in [0.15, 0.2) is 42.6 Å². The van der Waals surface area contributed by atoms with E-state index in [0.29, 0.717) is 22.9 Å². The third-order valence-electron chi connectivity index (χ3n) is 4.90. The van der Waals surface area contributed by atoms with Crippen LogP contribution in [0.2, 0.25) is 5.02 Å². The first-order valence-electron chi connectivity index (χ1n) is 9.78. The molecular weight excluding hydrogens is 418 g/mol. The van der Waals surface area contributed by atoms with E-state index in [0.717, 1.165) is 21.7 Å². The monoisotopic (exact) mass is 443 g/mol. The molecule has 1 heterocycles. The summed E-state index contributed by atoms with van der Waals surface area (Å²) < 4.78 is 18.0. The Morgan fingerprint density at radius 2 is 1.81 bits per heavy atom. The van der Waals surface area contributed by atoms with Crippen molar-refractivity contribution in [1.82, 2.24) is 15.1 Å².